The topological polar surface area (TPSA) is 96.3 Å². The summed E-state index contributed by atoms with van der Waals surface area (Å²) in [4.78, 5) is 44.3. The molecule has 1 spiro atoms. The number of nitrogens with one attached hydrogen (secondary N) is 2. The van der Waals surface area contributed by atoms with Crippen molar-refractivity contribution in [2.45, 2.75) is 65.5 Å². The monoisotopic (exact) mass is 425 g/mol. The second-order valence-corrected chi connectivity index (χ2v) is 9.88. The quantitative estimate of drug-likeness (QED) is 0.717. The van der Waals surface area contributed by atoms with E-state index in [0.29, 0.717) is 31.3 Å². The van der Waals surface area contributed by atoms with Crippen LogP contribution < -0.4 is 10.6 Å². The summed E-state index contributed by atoms with van der Waals surface area (Å²) in [5, 5.41) is 5.72. The highest BCUT2D eigenvalue weighted by atomic mass is 16.2. The number of para-hydroxylation sites is 2. The molecule has 0 radical (unpaired) electrons. The van der Waals surface area contributed by atoms with Crippen LogP contribution in [0, 0.1) is 11.3 Å². The van der Waals surface area contributed by atoms with E-state index in [1.165, 1.54) is 0 Å². The number of nitrogens with zero attached hydrogens (tertiary/aromatic N) is 3. The maximum atomic E-state index is 13.3. The Labute approximate surface area is 182 Å². The van der Waals surface area contributed by atoms with Gasteiger partial charge in [0.25, 0.3) is 5.91 Å². The lowest BCUT2D eigenvalue weighted by Crippen LogP contribution is -2.54. The van der Waals surface area contributed by atoms with Gasteiger partial charge >= 0.3 is 6.03 Å². The van der Waals surface area contributed by atoms with Crippen LogP contribution in [0.5, 0.6) is 0 Å². The third-order valence-corrected chi connectivity index (χ3v) is 6.28. The summed E-state index contributed by atoms with van der Waals surface area (Å²) >= 11 is 0. The molecule has 1 aliphatic carbocycles. The van der Waals surface area contributed by atoms with Crippen molar-refractivity contribution >= 4 is 34.8 Å². The maximum Gasteiger partial charge on any atom is 0.325 e. The number of imide groups is 1. The smallest absolute Gasteiger partial charge is 0.323 e. The number of fused-ring (bicyclic) bond motifs is 1. The van der Waals surface area contributed by atoms with Crippen molar-refractivity contribution in [1.82, 2.24) is 19.8 Å². The predicted octanol–water partition coefficient (Wildman–Crippen LogP) is 3.52. The number of rotatable bonds is 5. The van der Waals surface area contributed by atoms with Crippen LogP contribution in [0.2, 0.25) is 0 Å². The molecule has 2 atom stereocenters. The van der Waals surface area contributed by atoms with Gasteiger partial charge in [0.1, 0.15) is 12.1 Å². The van der Waals surface area contributed by atoms with Crippen molar-refractivity contribution in [3.05, 3.63) is 24.3 Å². The number of carbonyl (C=O) groups is 3. The number of hydrogen-bond donors (Lipinski definition) is 2. The summed E-state index contributed by atoms with van der Waals surface area (Å²) in [6.07, 6.45) is 3.07. The maximum absolute atomic E-state index is 13.3. The number of hydrogen-bond acceptors (Lipinski definition) is 4. The summed E-state index contributed by atoms with van der Waals surface area (Å²) in [6, 6.07) is 7.19. The zero-order valence-corrected chi connectivity index (χ0v) is 18.7. The molecule has 4 amide bonds. The molecule has 2 N–H and O–H groups in total. The second kappa shape index (κ2) is 7.66. The van der Waals surface area contributed by atoms with Gasteiger partial charge in [-0.05, 0) is 49.1 Å². The molecule has 1 aromatic carbocycles. The lowest BCUT2D eigenvalue weighted by atomic mass is 9.64. The van der Waals surface area contributed by atoms with Gasteiger partial charge in [-0.3, -0.25) is 19.8 Å². The van der Waals surface area contributed by atoms with E-state index in [4.69, 9.17) is 0 Å². The highest BCUT2D eigenvalue weighted by molar-refractivity contribution is 6.10. The standard InChI is InChI=1S/C23H31N5O3/c1-5-10-27-17-9-7-6-8-16(17)24-20(27)25-18(29)13-28-19(30)23(26-21(28)31)12-15(2)11-22(3,4)14-23/h6-9,15H,5,10-14H2,1-4H3,(H,26,31)(H,24,25,29)/t15-,23+/m1/s1. The SMILES string of the molecule is CCCn1c(NC(=O)CN2C(=O)N[C@]3(C[C@H](C)CC(C)(C)C3)C2=O)nc2ccccc21. The van der Waals surface area contributed by atoms with E-state index in [0.717, 1.165) is 28.8 Å². The molecule has 1 saturated carbocycles. The van der Waals surface area contributed by atoms with Gasteiger partial charge in [0.15, 0.2) is 0 Å². The largest absolute Gasteiger partial charge is 0.325 e. The van der Waals surface area contributed by atoms with Crippen LogP contribution in [0.4, 0.5) is 10.7 Å². The zero-order valence-electron chi connectivity index (χ0n) is 18.7. The van der Waals surface area contributed by atoms with Crippen molar-refractivity contribution in [2.75, 3.05) is 11.9 Å². The van der Waals surface area contributed by atoms with Gasteiger partial charge in [0.2, 0.25) is 11.9 Å². The number of carbonyl (C=O) groups excluding carboxylic acids is 3. The molecule has 0 unspecified atom stereocenters. The van der Waals surface area contributed by atoms with Gasteiger partial charge in [-0.2, -0.15) is 0 Å². The molecule has 1 aromatic heterocycles. The van der Waals surface area contributed by atoms with Crippen molar-refractivity contribution in [1.29, 1.82) is 0 Å². The molecule has 31 heavy (non-hydrogen) atoms. The molecule has 1 saturated heterocycles. The van der Waals surface area contributed by atoms with Gasteiger partial charge < -0.3 is 9.88 Å². The average molecular weight is 426 g/mol. The van der Waals surface area contributed by atoms with E-state index in [1.807, 2.05) is 28.8 Å². The molecule has 8 nitrogen and oxygen atoms in total. The lowest BCUT2D eigenvalue weighted by molar-refractivity contribution is -0.136. The van der Waals surface area contributed by atoms with Crippen LogP contribution in [0.3, 0.4) is 0 Å². The molecule has 4 rings (SSSR count). The summed E-state index contributed by atoms with van der Waals surface area (Å²) in [6.45, 7) is 8.79. The summed E-state index contributed by atoms with van der Waals surface area (Å²) in [5.41, 5.74) is 0.767. The van der Waals surface area contributed by atoms with Gasteiger partial charge in [0, 0.05) is 6.54 Å². The van der Waals surface area contributed by atoms with Crippen LogP contribution in [0.15, 0.2) is 24.3 Å². The van der Waals surface area contributed by atoms with E-state index in [-0.39, 0.29) is 17.9 Å². The van der Waals surface area contributed by atoms with Gasteiger partial charge in [-0.15, -0.1) is 0 Å². The van der Waals surface area contributed by atoms with E-state index >= 15 is 0 Å². The number of anilines is 1. The van der Waals surface area contributed by atoms with Crippen molar-refractivity contribution in [3.8, 4) is 0 Å². The molecule has 2 heterocycles. The average Bonchev–Trinajstić information content (AvgIpc) is 3.10. The minimum Gasteiger partial charge on any atom is -0.323 e. The fourth-order valence-corrected chi connectivity index (χ4v) is 5.58. The highest BCUT2D eigenvalue weighted by Crippen LogP contribution is 2.46. The zero-order chi connectivity index (χ0) is 22.4. The first kappa shape index (κ1) is 21.3. The number of urea groups is 1. The van der Waals surface area contributed by atoms with E-state index in [1.54, 1.807) is 0 Å². The molecular formula is C23H31N5O3. The van der Waals surface area contributed by atoms with Crippen LogP contribution in [0.1, 0.15) is 53.4 Å². The van der Waals surface area contributed by atoms with Crippen molar-refractivity contribution in [2.24, 2.45) is 11.3 Å². The molecule has 1 aliphatic heterocycles. The molecule has 2 aliphatic rings. The van der Waals surface area contributed by atoms with E-state index < -0.39 is 17.5 Å². The van der Waals surface area contributed by atoms with Crippen LogP contribution in [-0.2, 0) is 16.1 Å². The van der Waals surface area contributed by atoms with Crippen LogP contribution >= 0.6 is 0 Å². The minimum absolute atomic E-state index is 0.0517. The first-order valence-electron chi connectivity index (χ1n) is 11.0. The summed E-state index contributed by atoms with van der Waals surface area (Å²) in [5.74, 6) is 0.0172. The Balaban J connectivity index is 1.52. The van der Waals surface area contributed by atoms with E-state index in [9.17, 15) is 14.4 Å². The number of aryl methyl sites for hydroxylation is 1. The molecule has 2 aromatic rings. The fourth-order valence-electron chi connectivity index (χ4n) is 5.58. The number of benzene rings is 1. The Kier molecular flexibility index (Phi) is 5.27. The summed E-state index contributed by atoms with van der Waals surface area (Å²) in [7, 11) is 0. The fraction of sp³-hybridized carbons (Fsp3) is 0.565. The number of imidazole rings is 1. The first-order chi connectivity index (χ1) is 14.6. The molecule has 2 fully saturated rings. The lowest BCUT2D eigenvalue weighted by Gasteiger charge is -2.43. The Morgan fingerprint density at radius 2 is 2.00 bits per heavy atom. The highest BCUT2D eigenvalue weighted by Gasteiger charge is 2.56. The predicted molar refractivity (Wildman–Crippen MR) is 118 cm³/mol. The van der Waals surface area contributed by atoms with Crippen LogP contribution in [-0.4, -0.2) is 44.4 Å². The second-order valence-electron chi connectivity index (χ2n) is 9.88. The Bertz CT molecular complexity index is 1040. The Morgan fingerprint density at radius 1 is 1.26 bits per heavy atom. The Morgan fingerprint density at radius 3 is 2.71 bits per heavy atom. The molecule has 166 valence electrons. The van der Waals surface area contributed by atoms with Crippen molar-refractivity contribution in [3.63, 3.8) is 0 Å². The Hall–Kier alpha value is -2.90. The molecule has 0 bridgehead atoms. The van der Waals surface area contributed by atoms with Crippen LogP contribution in [0.25, 0.3) is 11.0 Å². The van der Waals surface area contributed by atoms with Gasteiger partial charge in [-0.25, -0.2) is 9.78 Å². The number of aromatic nitrogens is 2. The van der Waals surface area contributed by atoms with Gasteiger partial charge in [0.05, 0.1) is 11.0 Å². The minimum atomic E-state index is -0.909. The summed E-state index contributed by atoms with van der Waals surface area (Å²) < 4.78 is 1.95. The third-order valence-electron chi connectivity index (χ3n) is 6.28. The molecule has 8 heteroatoms. The first-order valence-corrected chi connectivity index (χ1v) is 11.0. The van der Waals surface area contributed by atoms with E-state index in [2.05, 4.69) is 43.3 Å². The number of amides is 4. The normalized spacial score (nSPS) is 25.3. The van der Waals surface area contributed by atoms with Crippen molar-refractivity contribution < 1.29 is 14.4 Å². The van der Waals surface area contributed by atoms with Gasteiger partial charge in [-0.1, -0.05) is 39.8 Å². The third kappa shape index (κ3) is 3.91. The molecular weight excluding hydrogens is 394 g/mol.